The summed E-state index contributed by atoms with van der Waals surface area (Å²) in [6, 6.07) is 46.6. The van der Waals surface area contributed by atoms with Crippen molar-refractivity contribution in [1.82, 2.24) is 0 Å². The van der Waals surface area contributed by atoms with Crippen LogP contribution >= 0.6 is 22.7 Å². The molecule has 0 aliphatic heterocycles. The van der Waals surface area contributed by atoms with E-state index in [9.17, 15) is 10.5 Å². The first-order valence-electron chi connectivity index (χ1n) is 13.6. The second-order valence-electron chi connectivity index (χ2n) is 10.3. The molecule has 2 aromatic heterocycles. The SMILES string of the molecule is N#Cc1cccc(-c2cc(-c3cccc4c3sc3ccccc34)cc(-c3cccc4sc5ccccc5c34)c2C#N)c1. The van der Waals surface area contributed by atoms with E-state index in [4.69, 9.17) is 0 Å². The van der Waals surface area contributed by atoms with Crippen molar-refractivity contribution in [2.24, 2.45) is 0 Å². The van der Waals surface area contributed by atoms with E-state index in [2.05, 4.69) is 109 Å². The molecule has 42 heavy (non-hydrogen) atoms. The highest BCUT2D eigenvalue weighted by molar-refractivity contribution is 7.26. The molecule has 8 rings (SSSR count). The molecule has 0 N–H and O–H groups in total. The van der Waals surface area contributed by atoms with E-state index >= 15 is 0 Å². The van der Waals surface area contributed by atoms with Gasteiger partial charge in [0.25, 0.3) is 0 Å². The lowest BCUT2D eigenvalue weighted by molar-refractivity contribution is 1.46. The molecule has 0 saturated heterocycles. The molecular formula is C38H20N2S2. The predicted molar refractivity (Wildman–Crippen MR) is 178 cm³/mol. The van der Waals surface area contributed by atoms with Crippen LogP contribution in [0, 0.1) is 22.7 Å². The second-order valence-corrected chi connectivity index (χ2v) is 12.4. The van der Waals surface area contributed by atoms with Crippen molar-refractivity contribution in [2.75, 3.05) is 0 Å². The molecule has 0 fully saturated rings. The van der Waals surface area contributed by atoms with Gasteiger partial charge in [0, 0.05) is 51.5 Å². The van der Waals surface area contributed by atoms with E-state index < -0.39 is 0 Å². The molecule has 0 unspecified atom stereocenters. The molecule has 8 aromatic rings. The molecule has 0 spiro atoms. The fourth-order valence-corrected chi connectivity index (χ4v) is 8.46. The van der Waals surface area contributed by atoms with E-state index in [1.165, 1.54) is 40.3 Å². The zero-order valence-electron chi connectivity index (χ0n) is 22.3. The molecule has 194 valence electrons. The summed E-state index contributed by atoms with van der Waals surface area (Å²) in [4.78, 5) is 0. The Morgan fingerprint density at radius 1 is 0.452 bits per heavy atom. The van der Waals surface area contributed by atoms with Gasteiger partial charge in [0.15, 0.2) is 0 Å². The third-order valence-corrected chi connectivity index (χ3v) is 10.3. The smallest absolute Gasteiger partial charge is 0.100 e. The summed E-state index contributed by atoms with van der Waals surface area (Å²) in [6.07, 6.45) is 0. The third kappa shape index (κ3) is 3.75. The largest absolute Gasteiger partial charge is 0.192 e. The van der Waals surface area contributed by atoms with Gasteiger partial charge in [-0.05, 0) is 64.7 Å². The van der Waals surface area contributed by atoms with Gasteiger partial charge >= 0.3 is 0 Å². The Balaban J connectivity index is 1.50. The molecule has 4 heteroatoms. The highest BCUT2D eigenvalue weighted by atomic mass is 32.1. The Hall–Kier alpha value is -5.26. The van der Waals surface area contributed by atoms with Gasteiger partial charge in [-0.3, -0.25) is 0 Å². The van der Waals surface area contributed by atoms with Crippen LogP contribution in [0.2, 0.25) is 0 Å². The predicted octanol–water partition coefficient (Wildman–Crippen LogP) is 11.2. The van der Waals surface area contributed by atoms with Crippen molar-refractivity contribution in [3.8, 4) is 45.5 Å². The maximum atomic E-state index is 10.7. The first kappa shape index (κ1) is 24.5. The summed E-state index contributed by atoms with van der Waals surface area (Å²) in [7, 11) is 0. The minimum atomic E-state index is 0.570. The van der Waals surface area contributed by atoms with Crippen molar-refractivity contribution >= 4 is 63.0 Å². The summed E-state index contributed by atoms with van der Waals surface area (Å²) < 4.78 is 4.91. The van der Waals surface area contributed by atoms with Gasteiger partial charge in [0.1, 0.15) is 6.07 Å². The van der Waals surface area contributed by atoms with Gasteiger partial charge in [-0.15, -0.1) is 22.7 Å². The normalized spacial score (nSPS) is 11.3. The second kappa shape index (κ2) is 9.68. The Bertz CT molecular complexity index is 2450. The van der Waals surface area contributed by atoms with Gasteiger partial charge < -0.3 is 0 Å². The van der Waals surface area contributed by atoms with Crippen LogP contribution in [-0.2, 0) is 0 Å². The number of hydrogen-bond donors (Lipinski definition) is 0. The standard InChI is InChI=1S/C38H20N2S2/c39-21-23-8-5-9-24(18-23)31-19-25(26-12-6-14-29-27-10-1-3-15-34(27)42-38(26)29)20-32(33(31)22-40)28-13-7-17-36-37(28)30-11-2-4-16-35(30)41-36/h1-20H. The zero-order valence-corrected chi connectivity index (χ0v) is 23.9. The molecule has 0 bridgehead atoms. The molecule has 0 amide bonds. The maximum absolute atomic E-state index is 10.7. The Labute approximate surface area is 250 Å². The first-order valence-corrected chi connectivity index (χ1v) is 15.3. The summed E-state index contributed by atoms with van der Waals surface area (Å²) in [5.41, 5.74) is 7.01. The number of rotatable bonds is 3. The minimum Gasteiger partial charge on any atom is -0.192 e. The minimum absolute atomic E-state index is 0.570. The lowest BCUT2D eigenvalue weighted by atomic mass is 9.86. The number of benzene rings is 6. The quantitative estimate of drug-likeness (QED) is 0.213. The van der Waals surface area contributed by atoms with Crippen LogP contribution in [0.3, 0.4) is 0 Å². The van der Waals surface area contributed by atoms with Crippen molar-refractivity contribution in [1.29, 1.82) is 10.5 Å². The molecule has 6 aromatic carbocycles. The maximum Gasteiger partial charge on any atom is 0.100 e. The molecule has 2 heterocycles. The lowest BCUT2D eigenvalue weighted by Gasteiger charge is -2.16. The summed E-state index contributed by atoms with van der Waals surface area (Å²) in [6.45, 7) is 0. The van der Waals surface area contributed by atoms with Crippen LogP contribution in [0.5, 0.6) is 0 Å². The molecule has 0 radical (unpaired) electrons. The van der Waals surface area contributed by atoms with Gasteiger partial charge in [-0.1, -0.05) is 78.9 Å². The van der Waals surface area contributed by atoms with Crippen LogP contribution in [0.4, 0.5) is 0 Å². The number of hydrogen-bond acceptors (Lipinski definition) is 4. The van der Waals surface area contributed by atoms with Crippen LogP contribution in [0.15, 0.2) is 121 Å². The van der Waals surface area contributed by atoms with Crippen LogP contribution < -0.4 is 0 Å². The van der Waals surface area contributed by atoms with Crippen molar-refractivity contribution in [3.63, 3.8) is 0 Å². The molecule has 0 saturated carbocycles. The van der Waals surface area contributed by atoms with Gasteiger partial charge in [0.05, 0.1) is 17.2 Å². The summed E-state index contributed by atoms with van der Waals surface area (Å²) >= 11 is 3.58. The monoisotopic (exact) mass is 568 g/mol. The van der Waals surface area contributed by atoms with Crippen molar-refractivity contribution in [2.45, 2.75) is 0 Å². The Morgan fingerprint density at radius 2 is 1.12 bits per heavy atom. The van der Waals surface area contributed by atoms with E-state index in [1.807, 2.05) is 18.2 Å². The van der Waals surface area contributed by atoms with E-state index in [0.717, 1.165) is 33.4 Å². The van der Waals surface area contributed by atoms with Gasteiger partial charge in [0.2, 0.25) is 0 Å². The van der Waals surface area contributed by atoms with Crippen LogP contribution in [-0.4, -0.2) is 0 Å². The highest BCUT2D eigenvalue weighted by Gasteiger charge is 2.20. The van der Waals surface area contributed by atoms with Crippen LogP contribution in [0.1, 0.15) is 11.1 Å². The topological polar surface area (TPSA) is 47.6 Å². The van der Waals surface area contributed by atoms with Gasteiger partial charge in [-0.25, -0.2) is 0 Å². The fourth-order valence-electron chi connectivity index (χ4n) is 6.09. The van der Waals surface area contributed by atoms with Crippen molar-refractivity contribution in [3.05, 3.63) is 132 Å². The van der Waals surface area contributed by atoms with E-state index in [0.29, 0.717) is 11.1 Å². The average Bonchev–Trinajstić information content (AvgIpc) is 3.63. The summed E-state index contributed by atoms with van der Waals surface area (Å²) in [5, 5.41) is 25.2. The van der Waals surface area contributed by atoms with E-state index in [-0.39, 0.29) is 0 Å². The van der Waals surface area contributed by atoms with E-state index in [1.54, 1.807) is 28.7 Å². The number of nitriles is 2. The van der Waals surface area contributed by atoms with Gasteiger partial charge in [-0.2, -0.15) is 10.5 Å². The van der Waals surface area contributed by atoms with Crippen molar-refractivity contribution < 1.29 is 0 Å². The summed E-state index contributed by atoms with van der Waals surface area (Å²) in [5.74, 6) is 0. The molecular weight excluding hydrogens is 549 g/mol. The Kier molecular flexibility index (Phi) is 5.66. The molecule has 2 nitrogen and oxygen atoms in total. The number of thiophene rings is 2. The number of fused-ring (bicyclic) bond motifs is 6. The average molecular weight is 569 g/mol. The lowest BCUT2D eigenvalue weighted by Crippen LogP contribution is -1.94. The van der Waals surface area contributed by atoms with Crippen LogP contribution in [0.25, 0.3) is 73.7 Å². The fraction of sp³-hybridized carbons (Fsp3) is 0. The highest BCUT2D eigenvalue weighted by Crippen LogP contribution is 2.46. The first-order chi connectivity index (χ1) is 20.7. The molecule has 0 aliphatic rings. The molecule has 0 aliphatic carbocycles. The third-order valence-electron chi connectivity index (χ3n) is 7.96. The number of nitrogens with zero attached hydrogens (tertiary/aromatic N) is 2. The Morgan fingerprint density at radius 3 is 1.95 bits per heavy atom. The zero-order chi connectivity index (χ0) is 28.2. The molecule has 0 atom stereocenters.